The van der Waals surface area contributed by atoms with Gasteiger partial charge in [-0.05, 0) is 25.7 Å². The molecule has 8 heteroatoms. The SMILES string of the molecule is NC(=O)C(CCO)(CCO)C(CCO)(CCO)C(N)=O. The van der Waals surface area contributed by atoms with Crippen molar-refractivity contribution in [1.29, 1.82) is 0 Å². The van der Waals surface area contributed by atoms with Crippen LogP contribution in [0.1, 0.15) is 25.7 Å². The van der Waals surface area contributed by atoms with Crippen molar-refractivity contribution >= 4 is 11.8 Å². The summed E-state index contributed by atoms with van der Waals surface area (Å²) in [5.41, 5.74) is 7.56. The molecule has 0 aromatic rings. The molecule has 0 saturated carbocycles. The Morgan fingerprint density at radius 2 is 0.850 bits per heavy atom. The van der Waals surface area contributed by atoms with Crippen molar-refractivity contribution < 1.29 is 30.0 Å². The van der Waals surface area contributed by atoms with Gasteiger partial charge in [-0.25, -0.2) is 0 Å². The maximum atomic E-state index is 11.9. The number of hydrogen-bond acceptors (Lipinski definition) is 6. The van der Waals surface area contributed by atoms with Gasteiger partial charge in [0.15, 0.2) is 0 Å². The average molecular weight is 292 g/mol. The highest BCUT2D eigenvalue weighted by molar-refractivity contribution is 5.92. The summed E-state index contributed by atoms with van der Waals surface area (Å²) >= 11 is 0. The minimum Gasteiger partial charge on any atom is -0.396 e. The van der Waals surface area contributed by atoms with Crippen LogP contribution in [-0.2, 0) is 9.59 Å². The molecule has 0 aliphatic heterocycles. The van der Waals surface area contributed by atoms with Crippen LogP contribution in [0, 0.1) is 10.8 Å². The topological polar surface area (TPSA) is 167 Å². The molecule has 0 aliphatic carbocycles. The van der Waals surface area contributed by atoms with Crippen molar-refractivity contribution in [3.8, 4) is 0 Å². The molecule has 8 nitrogen and oxygen atoms in total. The van der Waals surface area contributed by atoms with E-state index in [1.165, 1.54) is 0 Å². The second-order valence-electron chi connectivity index (χ2n) is 4.79. The number of hydrogen-bond donors (Lipinski definition) is 6. The van der Waals surface area contributed by atoms with E-state index in [-0.39, 0.29) is 25.7 Å². The zero-order valence-electron chi connectivity index (χ0n) is 11.4. The molecule has 0 aromatic carbocycles. The van der Waals surface area contributed by atoms with E-state index in [0.717, 1.165) is 0 Å². The highest BCUT2D eigenvalue weighted by Crippen LogP contribution is 2.49. The van der Waals surface area contributed by atoms with Crippen LogP contribution in [0.2, 0.25) is 0 Å². The molecule has 2 amide bonds. The summed E-state index contributed by atoms with van der Waals surface area (Å²) in [6, 6.07) is 0. The Morgan fingerprint density at radius 3 is 0.950 bits per heavy atom. The fourth-order valence-corrected chi connectivity index (χ4v) is 2.94. The zero-order chi connectivity index (χ0) is 15.8. The summed E-state index contributed by atoms with van der Waals surface area (Å²) in [7, 11) is 0. The van der Waals surface area contributed by atoms with Gasteiger partial charge in [0.1, 0.15) is 0 Å². The monoisotopic (exact) mass is 292 g/mol. The van der Waals surface area contributed by atoms with Crippen molar-refractivity contribution in [1.82, 2.24) is 0 Å². The third kappa shape index (κ3) is 3.26. The van der Waals surface area contributed by atoms with Crippen LogP contribution in [0.3, 0.4) is 0 Å². The van der Waals surface area contributed by atoms with Gasteiger partial charge >= 0.3 is 0 Å². The highest BCUT2D eigenvalue weighted by Gasteiger charge is 2.57. The number of aliphatic hydroxyl groups is 4. The second-order valence-corrected chi connectivity index (χ2v) is 4.79. The number of nitrogens with two attached hydrogens (primary N) is 2. The van der Waals surface area contributed by atoms with Gasteiger partial charge in [0.2, 0.25) is 11.8 Å². The third-order valence-electron chi connectivity index (χ3n) is 4.01. The minimum atomic E-state index is -1.62. The average Bonchev–Trinajstić information content (AvgIpc) is 2.37. The summed E-state index contributed by atoms with van der Waals surface area (Å²) in [4.78, 5) is 23.9. The van der Waals surface area contributed by atoms with Crippen LogP contribution in [0.15, 0.2) is 0 Å². The lowest BCUT2D eigenvalue weighted by Gasteiger charge is -2.46. The van der Waals surface area contributed by atoms with Crippen LogP contribution < -0.4 is 11.5 Å². The first-order valence-electron chi connectivity index (χ1n) is 6.41. The predicted octanol–water partition coefficient (Wildman–Crippen LogP) is -2.54. The standard InChI is InChI=1S/C12H24N2O6/c13-9(19)11(1-5-15,2-6-16)12(3-7-17,4-8-18)10(14)20/h15-18H,1-8H2,(H2,13,19)(H2,14,20). The molecule has 0 unspecified atom stereocenters. The number of carbonyl (C=O) groups excluding carboxylic acids is 2. The van der Waals surface area contributed by atoms with Crippen LogP contribution in [0.5, 0.6) is 0 Å². The van der Waals surface area contributed by atoms with E-state index in [0.29, 0.717) is 0 Å². The first kappa shape index (κ1) is 18.8. The largest absolute Gasteiger partial charge is 0.396 e. The highest BCUT2D eigenvalue weighted by atomic mass is 16.3. The first-order chi connectivity index (χ1) is 9.38. The lowest BCUT2D eigenvalue weighted by molar-refractivity contribution is -0.156. The van der Waals surface area contributed by atoms with E-state index in [1.807, 2.05) is 0 Å². The van der Waals surface area contributed by atoms with E-state index in [9.17, 15) is 30.0 Å². The van der Waals surface area contributed by atoms with Crippen molar-refractivity contribution in [3.63, 3.8) is 0 Å². The van der Waals surface area contributed by atoms with Gasteiger partial charge < -0.3 is 31.9 Å². The lowest BCUT2D eigenvalue weighted by atomic mass is 9.56. The smallest absolute Gasteiger partial charge is 0.224 e. The van der Waals surface area contributed by atoms with Gasteiger partial charge in [-0.2, -0.15) is 0 Å². The summed E-state index contributed by atoms with van der Waals surface area (Å²) in [5, 5.41) is 36.8. The molecule has 0 aliphatic rings. The fraction of sp³-hybridized carbons (Fsp3) is 0.833. The van der Waals surface area contributed by atoms with E-state index >= 15 is 0 Å². The Hall–Kier alpha value is -1.22. The van der Waals surface area contributed by atoms with Crippen molar-refractivity contribution in [2.45, 2.75) is 25.7 Å². The number of rotatable bonds is 11. The Kier molecular flexibility index (Phi) is 7.66. The van der Waals surface area contributed by atoms with E-state index in [4.69, 9.17) is 11.5 Å². The Balaban J connectivity index is 6.06. The second kappa shape index (κ2) is 8.15. The van der Waals surface area contributed by atoms with Crippen LogP contribution in [0.4, 0.5) is 0 Å². The molecule has 0 aromatic heterocycles. The number of carbonyl (C=O) groups is 2. The molecular weight excluding hydrogens is 268 g/mol. The first-order valence-corrected chi connectivity index (χ1v) is 6.41. The molecule has 0 fully saturated rings. The molecule has 0 bridgehead atoms. The van der Waals surface area contributed by atoms with E-state index < -0.39 is 49.1 Å². The quantitative estimate of drug-likeness (QED) is 0.245. The number of primary amides is 2. The van der Waals surface area contributed by atoms with E-state index in [2.05, 4.69) is 0 Å². The Labute approximate surface area is 117 Å². The molecule has 0 spiro atoms. The fourth-order valence-electron chi connectivity index (χ4n) is 2.94. The zero-order valence-corrected chi connectivity index (χ0v) is 11.4. The van der Waals surface area contributed by atoms with Crippen LogP contribution in [0.25, 0.3) is 0 Å². The maximum absolute atomic E-state index is 11.9. The Bertz CT molecular complexity index is 290. The van der Waals surface area contributed by atoms with E-state index in [1.54, 1.807) is 0 Å². The minimum absolute atomic E-state index is 0.189. The Morgan fingerprint density at radius 1 is 0.650 bits per heavy atom. The van der Waals surface area contributed by atoms with Gasteiger partial charge in [0.05, 0.1) is 10.8 Å². The molecule has 0 rings (SSSR count). The van der Waals surface area contributed by atoms with Crippen molar-refractivity contribution in [2.24, 2.45) is 22.3 Å². The van der Waals surface area contributed by atoms with Gasteiger partial charge in [0.25, 0.3) is 0 Å². The summed E-state index contributed by atoms with van der Waals surface area (Å²) < 4.78 is 0. The lowest BCUT2D eigenvalue weighted by Crippen LogP contribution is -2.58. The van der Waals surface area contributed by atoms with Crippen LogP contribution >= 0.6 is 0 Å². The molecule has 0 radical (unpaired) electrons. The number of aliphatic hydroxyl groups excluding tert-OH is 4. The third-order valence-corrected chi connectivity index (χ3v) is 4.01. The summed E-state index contributed by atoms with van der Waals surface area (Å²) in [6.45, 7) is -1.80. The molecule has 118 valence electrons. The van der Waals surface area contributed by atoms with Gasteiger partial charge in [-0.15, -0.1) is 0 Å². The van der Waals surface area contributed by atoms with Gasteiger partial charge in [-0.1, -0.05) is 0 Å². The van der Waals surface area contributed by atoms with Crippen molar-refractivity contribution in [3.05, 3.63) is 0 Å². The van der Waals surface area contributed by atoms with Gasteiger partial charge in [0, 0.05) is 26.4 Å². The molecule has 0 atom stereocenters. The molecule has 0 saturated heterocycles. The molecule has 0 heterocycles. The van der Waals surface area contributed by atoms with Gasteiger partial charge in [-0.3, -0.25) is 9.59 Å². The van der Waals surface area contributed by atoms with Crippen LogP contribution in [-0.4, -0.2) is 58.7 Å². The molecule has 8 N–H and O–H groups in total. The molecule has 20 heavy (non-hydrogen) atoms. The summed E-state index contributed by atoms with van der Waals surface area (Å²) in [6.07, 6.45) is -0.755. The normalized spacial score (nSPS) is 12.4. The molecular formula is C12H24N2O6. The summed E-state index contributed by atoms with van der Waals surface area (Å²) in [5.74, 6) is -1.80. The number of amides is 2. The predicted molar refractivity (Wildman–Crippen MR) is 70.1 cm³/mol. The maximum Gasteiger partial charge on any atom is 0.224 e. The van der Waals surface area contributed by atoms with Crippen molar-refractivity contribution in [2.75, 3.05) is 26.4 Å².